The highest BCUT2D eigenvalue weighted by atomic mass is 32.1. The van der Waals surface area contributed by atoms with Crippen LogP contribution in [0.1, 0.15) is 46.1 Å². The zero-order chi connectivity index (χ0) is 13.6. The third kappa shape index (κ3) is 5.98. The molecule has 0 amide bonds. The molecule has 1 heterocycles. The molecule has 1 unspecified atom stereocenters. The molecule has 1 N–H and O–H groups in total. The maximum Gasteiger partial charge on any atom is 0.0242 e. The second-order valence-electron chi connectivity index (χ2n) is 6.12. The highest BCUT2D eigenvalue weighted by molar-refractivity contribution is 7.07. The number of nitrogens with one attached hydrogen (secondary N) is 1. The van der Waals surface area contributed by atoms with Gasteiger partial charge in [-0.05, 0) is 56.6 Å². The molecule has 0 spiro atoms. The Kier molecular flexibility index (Phi) is 6.33. The quantitative estimate of drug-likeness (QED) is 0.810. The van der Waals surface area contributed by atoms with Crippen LogP contribution in [-0.2, 0) is 6.54 Å². The van der Waals surface area contributed by atoms with E-state index >= 15 is 0 Å². The first-order chi connectivity index (χ1) is 8.42. The Morgan fingerprint density at radius 3 is 2.61 bits per heavy atom. The van der Waals surface area contributed by atoms with Crippen molar-refractivity contribution in [2.75, 3.05) is 13.6 Å². The van der Waals surface area contributed by atoms with Gasteiger partial charge in [-0.3, -0.25) is 4.90 Å². The molecule has 0 aliphatic rings. The molecule has 3 heteroatoms. The summed E-state index contributed by atoms with van der Waals surface area (Å²) in [7, 11) is 2.24. The molecule has 2 nitrogen and oxygen atoms in total. The Bertz CT molecular complexity index is 314. The summed E-state index contributed by atoms with van der Waals surface area (Å²) in [4.78, 5) is 2.48. The number of thiophene rings is 1. The summed E-state index contributed by atoms with van der Waals surface area (Å²) in [5.41, 5.74) is 1.63. The van der Waals surface area contributed by atoms with E-state index < -0.39 is 0 Å². The van der Waals surface area contributed by atoms with Crippen LogP contribution in [-0.4, -0.2) is 30.1 Å². The maximum absolute atomic E-state index is 3.63. The first-order valence-corrected chi connectivity index (χ1v) is 7.83. The van der Waals surface area contributed by atoms with Crippen molar-refractivity contribution < 1.29 is 0 Å². The van der Waals surface area contributed by atoms with Gasteiger partial charge in [-0.2, -0.15) is 11.3 Å². The van der Waals surface area contributed by atoms with Crippen molar-refractivity contribution in [1.29, 1.82) is 0 Å². The van der Waals surface area contributed by atoms with E-state index in [-0.39, 0.29) is 5.54 Å². The molecule has 0 saturated carbocycles. The van der Waals surface area contributed by atoms with Crippen LogP contribution in [0, 0.1) is 0 Å². The van der Waals surface area contributed by atoms with E-state index in [2.05, 4.69) is 61.8 Å². The van der Waals surface area contributed by atoms with E-state index in [9.17, 15) is 0 Å². The maximum atomic E-state index is 3.63. The fourth-order valence-electron chi connectivity index (χ4n) is 2.04. The third-order valence-electron chi connectivity index (χ3n) is 3.13. The van der Waals surface area contributed by atoms with E-state index in [1.54, 1.807) is 11.3 Å². The number of nitrogens with zero attached hydrogens (tertiary/aromatic N) is 1. The van der Waals surface area contributed by atoms with Gasteiger partial charge in [0.1, 0.15) is 0 Å². The minimum Gasteiger partial charge on any atom is -0.311 e. The minimum atomic E-state index is 0.204. The first-order valence-electron chi connectivity index (χ1n) is 6.88. The fourth-order valence-corrected chi connectivity index (χ4v) is 2.70. The smallest absolute Gasteiger partial charge is 0.0242 e. The highest BCUT2D eigenvalue weighted by Crippen LogP contribution is 2.13. The molecule has 0 bridgehead atoms. The Hall–Kier alpha value is -0.380. The number of likely N-dealkylation sites (N-methyl/N-ethyl adjacent to an activating group) is 1. The monoisotopic (exact) mass is 268 g/mol. The Morgan fingerprint density at radius 2 is 2.11 bits per heavy atom. The summed E-state index contributed by atoms with van der Waals surface area (Å²) in [6.07, 6.45) is 2.49. The van der Waals surface area contributed by atoms with Crippen LogP contribution in [0.15, 0.2) is 16.8 Å². The predicted molar refractivity (Wildman–Crippen MR) is 82.2 cm³/mol. The summed E-state index contributed by atoms with van der Waals surface area (Å²) in [5, 5.41) is 8.03. The summed E-state index contributed by atoms with van der Waals surface area (Å²) in [6.45, 7) is 11.1. The van der Waals surface area contributed by atoms with Crippen molar-refractivity contribution in [3.05, 3.63) is 22.4 Å². The molecule has 1 rings (SSSR count). The van der Waals surface area contributed by atoms with Gasteiger partial charge in [-0.15, -0.1) is 0 Å². The van der Waals surface area contributed by atoms with Crippen molar-refractivity contribution in [3.63, 3.8) is 0 Å². The Balaban J connectivity index is 2.49. The lowest BCUT2D eigenvalue weighted by atomic mass is 10.1. The molecule has 0 radical (unpaired) electrons. The van der Waals surface area contributed by atoms with Gasteiger partial charge in [0.2, 0.25) is 0 Å². The number of hydrogen-bond donors (Lipinski definition) is 1. The molecule has 0 fully saturated rings. The predicted octanol–water partition coefficient (Wildman–Crippen LogP) is 3.74. The van der Waals surface area contributed by atoms with Crippen molar-refractivity contribution in [3.8, 4) is 0 Å². The lowest BCUT2D eigenvalue weighted by Gasteiger charge is -2.31. The topological polar surface area (TPSA) is 15.3 Å². The zero-order valence-corrected chi connectivity index (χ0v) is 13.3. The van der Waals surface area contributed by atoms with Gasteiger partial charge in [0.15, 0.2) is 0 Å². The van der Waals surface area contributed by atoms with Crippen LogP contribution in [0.3, 0.4) is 0 Å². The number of hydrogen-bond acceptors (Lipinski definition) is 3. The normalized spacial score (nSPS) is 14.1. The van der Waals surface area contributed by atoms with E-state index in [1.165, 1.54) is 18.4 Å². The largest absolute Gasteiger partial charge is 0.311 e. The van der Waals surface area contributed by atoms with Gasteiger partial charge >= 0.3 is 0 Å². The molecule has 0 saturated heterocycles. The van der Waals surface area contributed by atoms with Gasteiger partial charge in [0.05, 0.1) is 0 Å². The molecular weight excluding hydrogens is 240 g/mol. The molecule has 104 valence electrons. The molecule has 1 atom stereocenters. The molecule has 18 heavy (non-hydrogen) atoms. The van der Waals surface area contributed by atoms with Crippen molar-refractivity contribution in [2.45, 2.75) is 58.7 Å². The van der Waals surface area contributed by atoms with E-state index in [1.807, 2.05) is 0 Å². The van der Waals surface area contributed by atoms with Crippen molar-refractivity contribution >= 4 is 11.3 Å². The number of rotatable bonds is 7. The molecular formula is C15H28N2S. The lowest BCUT2D eigenvalue weighted by molar-refractivity contribution is 0.203. The Morgan fingerprint density at radius 1 is 1.39 bits per heavy atom. The first kappa shape index (κ1) is 15.7. The lowest BCUT2D eigenvalue weighted by Crippen LogP contribution is -2.46. The van der Waals surface area contributed by atoms with Gasteiger partial charge in [-0.25, -0.2) is 0 Å². The van der Waals surface area contributed by atoms with E-state index in [0.717, 1.165) is 13.1 Å². The summed E-state index contributed by atoms with van der Waals surface area (Å²) < 4.78 is 0. The Labute approximate surface area is 116 Å². The second kappa shape index (κ2) is 7.27. The van der Waals surface area contributed by atoms with Gasteiger partial charge in [0, 0.05) is 24.7 Å². The molecule has 1 aromatic heterocycles. The third-order valence-corrected chi connectivity index (χ3v) is 3.86. The average Bonchev–Trinajstić information content (AvgIpc) is 2.75. The molecule has 0 aliphatic heterocycles. The summed E-state index contributed by atoms with van der Waals surface area (Å²) >= 11 is 1.78. The van der Waals surface area contributed by atoms with Crippen LogP contribution in [0.5, 0.6) is 0 Å². The second-order valence-corrected chi connectivity index (χ2v) is 6.90. The SMILES string of the molecule is CCCC(CNC(C)(C)C)N(C)Cc1ccsc1. The van der Waals surface area contributed by atoms with Gasteiger partial charge in [-0.1, -0.05) is 13.3 Å². The van der Waals surface area contributed by atoms with Crippen molar-refractivity contribution in [2.24, 2.45) is 0 Å². The average molecular weight is 268 g/mol. The summed E-state index contributed by atoms with van der Waals surface area (Å²) in [5.74, 6) is 0. The van der Waals surface area contributed by atoms with E-state index in [4.69, 9.17) is 0 Å². The van der Waals surface area contributed by atoms with Crippen LogP contribution >= 0.6 is 11.3 Å². The van der Waals surface area contributed by atoms with E-state index in [0.29, 0.717) is 6.04 Å². The van der Waals surface area contributed by atoms with Crippen LogP contribution in [0.25, 0.3) is 0 Å². The fraction of sp³-hybridized carbons (Fsp3) is 0.733. The molecule has 1 aromatic rings. The molecule has 0 aromatic carbocycles. The van der Waals surface area contributed by atoms with Gasteiger partial charge < -0.3 is 5.32 Å². The van der Waals surface area contributed by atoms with Crippen molar-refractivity contribution in [1.82, 2.24) is 10.2 Å². The minimum absolute atomic E-state index is 0.204. The van der Waals surface area contributed by atoms with Crippen LogP contribution in [0.2, 0.25) is 0 Å². The van der Waals surface area contributed by atoms with Crippen LogP contribution in [0.4, 0.5) is 0 Å². The standard InChI is InChI=1S/C15H28N2S/c1-6-7-14(10-16-15(2,3)4)17(5)11-13-8-9-18-12-13/h8-9,12,14,16H,6-7,10-11H2,1-5H3. The molecule has 0 aliphatic carbocycles. The van der Waals surface area contributed by atoms with Crippen LogP contribution < -0.4 is 5.32 Å². The zero-order valence-electron chi connectivity index (χ0n) is 12.5. The summed E-state index contributed by atoms with van der Waals surface area (Å²) in [6, 6.07) is 2.84. The van der Waals surface area contributed by atoms with Gasteiger partial charge in [0.25, 0.3) is 0 Å². The highest BCUT2D eigenvalue weighted by Gasteiger charge is 2.17.